The van der Waals surface area contributed by atoms with Crippen LogP contribution in [0.25, 0.3) is 34.1 Å². The van der Waals surface area contributed by atoms with E-state index in [0.29, 0.717) is 23.9 Å². The highest BCUT2D eigenvalue weighted by atomic mass is 35.5. The molecule has 4 aromatic rings. The van der Waals surface area contributed by atoms with Crippen molar-refractivity contribution in [2.75, 3.05) is 0 Å². The van der Waals surface area contributed by atoms with Gasteiger partial charge in [-0.15, -0.1) is 0 Å². The van der Waals surface area contributed by atoms with Crippen molar-refractivity contribution < 1.29 is 17.7 Å². The van der Waals surface area contributed by atoms with Gasteiger partial charge in [-0.3, -0.25) is 9.51 Å². The third kappa shape index (κ3) is 4.44. The molecule has 178 valence electrons. The molecule has 0 unspecified atom stereocenters. The van der Waals surface area contributed by atoms with E-state index in [1.165, 1.54) is 6.07 Å². The van der Waals surface area contributed by atoms with Gasteiger partial charge in [0.05, 0.1) is 11.9 Å². The summed E-state index contributed by atoms with van der Waals surface area (Å²) in [7, 11) is 0. The molecule has 1 saturated carbocycles. The van der Waals surface area contributed by atoms with Crippen LogP contribution in [-0.4, -0.2) is 29.7 Å². The predicted octanol–water partition coefficient (Wildman–Crippen LogP) is 5.34. The highest BCUT2D eigenvalue weighted by Crippen LogP contribution is 2.37. The van der Waals surface area contributed by atoms with Gasteiger partial charge in [0.1, 0.15) is 11.2 Å². The molecule has 0 amide bonds. The number of aromatic nitrogens is 6. The number of fused-ring (bicyclic) bond motifs is 1. The number of benzene rings is 1. The van der Waals surface area contributed by atoms with Crippen LogP contribution in [0.3, 0.4) is 0 Å². The third-order valence-electron chi connectivity index (χ3n) is 6.21. The number of alkyl halides is 3. The molecule has 0 aliphatic heterocycles. The molecule has 8 nitrogen and oxygen atoms in total. The summed E-state index contributed by atoms with van der Waals surface area (Å²) in [5.41, 5.74) is 0.215. The van der Waals surface area contributed by atoms with E-state index in [9.17, 15) is 18.0 Å². The summed E-state index contributed by atoms with van der Waals surface area (Å²) in [6.07, 6.45) is 1.41. The van der Waals surface area contributed by atoms with Gasteiger partial charge in [-0.1, -0.05) is 36.5 Å². The van der Waals surface area contributed by atoms with E-state index in [1.54, 1.807) is 6.33 Å². The largest absolute Gasteiger partial charge is 0.439 e. The third-order valence-corrected chi connectivity index (χ3v) is 6.43. The van der Waals surface area contributed by atoms with Crippen molar-refractivity contribution in [1.29, 1.82) is 0 Å². The molecule has 34 heavy (non-hydrogen) atoms. The van der Waals surface area contributed by atoms with Crippen LogP contribution < -0.4 is 5.76 Å². The number of H-pyrrole nitrogens is 1. The van der Waals surface area contributed by atoms with Gasteiger partial charge in [-0.25, -0.2) is 19.7 Å². The van der Waals surface area contributed by atoms with Crippen LogP contribution >= 0.6 is 11.6 Å². The van der Waals surface area contributed by atoms with E-state index < -0.39 is 17.5 Å². The average Bonchev–Trinajstić information content (AvgIpc) is 3.40. The lowest BCUT2D eigenvalue weighted by atomic mass is 9.83. The van der Waals surface area contributed by atoms with Crippen molar-refractivity contribution in [1.82, 2.24) is 29.7 Å². The van der Waals surface area contributed by atoms with Gasteiger partial charge in [-0.05, 0) is 42.9 Å². The second kappa shape index (κ2) is 8.53. The van der Waals surface area contributed by atoms with Crippen LogP contribution in [0.5, 0.6) is 0 Å². The summed E-state index contributed by atoms with van der Waals surface area (Å²) in [5.74, 6) is 0.215. The molecule has 12 heteroatoms. The first-order valence-electron chi connectivity index (χ1n) is 10.8. The number of aromatic amines is 1. The summed E-state index contributed by atoms with van der Waals surface area (Å²) in [6.45, 7) is 2.88. The zero-order valence-corrected chi connectivity index (χ0v) is 18.8. The van der Waals surface area contributed by atoms with Gasteiger partial charge in [0.2, 0.25) is 11.6 Å². The van der Waals surface area contributed by atoms with Crippen LogP contribution in [0.4, 0.5) is 13.2 Å². The minimum Gasteiger partial charge on any atom is -0.327 e. The minimum absolute atomic E-state index is 0.0291. The summed E-state index contributed by atoms with van der Waals surface area (Å²) in [4.78, 5) is 27.0. The quantitative estimate of drug-likeness (QED) is 0.413. The maximum absolute atomic E-state index is 13.5. The summed E-state index contributed by atoms with van der Waals surface area (Å²) >= 11 is 6.06. The van der Waals surface area contributed by atoms with Crippen molar-refractivity contribution >= 4 is 22.8 Å². The molecule has 0 radical (unpaired) electrons. The lowest BCUT2D eigenvalue weighted by molar-refractivity contribution is -0.137. The molecular weight excluding hydrogens is 473 g/mol. The Bertz CT molecular complexity index is 1400. The Balaban J connectivity index is 1.68. The van der Waals surface area contributed by atoms with Gasteiger partial charge in [0.15, 0.2) is 5.65 Å². The predicted molar refractivity (Wildman–Crippen MR) is 118 cm³/mol. The number of halogens is 4. The average molecular weight is 493 g/mol. The van der Waals surface area contributed by atoms with Gasteiger partial charge >= 0.3 is 11.9 Å². The van der Waals surface area contributed by atoms with E-state index in [4.69, 9.17) is 11.6 Å². The minimum atomic E-state index is -4.59. The second-order valence-corrected chi connectivity index (χ2v) is 9.20. The van der Waals surface area contributed by atoms with Crippen LogP contribution in [0.2, 0.25) is 5.02 Å². The topological polar surface area (TPSA) is 102 Å². The van der Waals surface area contributed by atoms with Crippen LogP contribution in [0.15, 0.2) is 33.8 Å². The summed E-state index contributed by atoms with van der Waals surface area (Å²) < 4.78 is 47.0. The Hall–Kier alpha value is -3.21. The highest BCUT2D eigenvalue weighted by Gasteiger charge is 2.32. The fourth-order valence-corrected chi connectivity index (χ4v) is 4.67. The molecule has 5 rings (SSSR count). The summed E-state index contributed by atoms with van der Waals surface area (Å²) in [5, 5.41) is 3.52. The monoisotopic (exact) mass is 492 g/mol. The zero-order valence-electron chi connectivity index (χ0n) is 18.1. The first-order chi connectivity index (χ1) is 16.2. The number of nitrogens with zero attached hydrogens (tertiary/aromatic N) is 5. The van der Waals surface area contributed by atoms with Crippen molar-refractivity contribution in [3.63, 3.8) is 0 Å². The van der Waals surface area contributed by atoms with E-state index in [0.717, 1.165) is 37.8 Å². The molecule has 1 aliphatic rings. The maximum Gasteiger partial charge on any atom is 0.439 e. The summed E-state index contributed by atoms with van der Waals surface area (Å²) in [6, 6.07) is 3.26. The van der Waals surface area contributed by atoms with E-state index in [2.05, 4.69) is 36.5 Å². The molecule has 1 aromatic carbocycles. The standard InChI is InChI=1S/C22H20ClF3N6O2/c1-11-2-4-12(5-3-11)9-32-10-27-18-17(32)16(28-19(29-18)20-30-21(33)34-31-20)13-6-14(22(24,25)26)8-15(23)7-13/h6-8,10-12H,2-5,9H2,1H3,(H,30,31,33). The van der Waals surface area contributed by atoms with E-state index >= 15 is 0 Å². The number of nitrogens with one attached hydrogen (secondary N) is 1. The zero-order chi connectivity index (χ0) is 24.0. The fourth-order valence-electron chi connectivity index (χ4n) is 4.43. The molecule has 3 heterocycles. The lowest BCUT2D eigenvalue weighted by Crippen LogP contribution is -2.17. The van der Waals surface area contributed by atoms with Crippen molar-refractivity contribution in [2.24, 2.45) is 11.8 Å². The SMILES string of the molecule is CC1CCC(Cn2cnc3nc(-c4noc(=O)[nH]4)nc(-c4cc(Cl)cc(C(F)(F)F)c4)c32)CC1. The number of rotatable bonds is 4. The fraction of sp³-hybridized carbons (Fsp3) is 0.409. The molecule has 1 fully saturated rings. The molecule has 1 aliphatic carbocycles. The van der Waals surface area contributed by atoms with Gasteiger partial charge < -0.3 is 4.57 Å². The number of hydrogen-bond donors (Lipinski definition) is 1. The maximum atomic E-state index is 13.5. The van der Waals surface area contributed by atoms with Crippen LogP contribution in [-0.2, 0) is 12.7 Å². The molecule has 1 N–H and O–H groups in total. The Kier molecular flexibility index (Phi) is 5.67. The Morgan fingerprint density at radius 2 is 1.94 bits per heavy atom. The van der Waals surface area contributed by atoms with Gasteiger partial charge in [0, 0.05) is 17.1 Å². The van der Waals surface area contributed by atoms with Crippen molar-refractivity contribution in [3.05, 3.63) is 45.7 Å². The Morgan fingerprint density at radius 3 is 2.62 bits per heavy atom. The normalized spacial score (nSPS) is 19.1. The molecule has 0 atom stereocenters. The molecular formula is C22H20ClF3N6O2. The Morgan fingerprint density at radius 1 is 1.18 bits per heavy atom. The Labute approximate surface area is 196 Å². The van der Waals surface area contributed by atoms with E-state index in [1.807, 2.05) is 4.57 Å². The second-order valence-electron chi connectivity index (χ2n) is 8.76. The first-order valence-corrected chi connectivity index (χ1v) is 11.2. The van der Waals surface area contributed by atoms with E-state index in [-0.39, 0.29) is 33.6 Å². The van der Waals surface area contributed by atoms with Gasteiger partial charge in [0.25, 0.3) is 0 Å². The van der Waals surface area contributed by atoms with Crippen LogP contribution in [0, 0.1) is 11.8 Å². The van der Waals surface area contributed by atoms with Crippen molar-refractivity contribution in [3.8, 4) is 22.9 Å². The molecule has 0 saturated heterocycles. The van der Waals surface area contributed by atoms with Crippen LogP contribution in [0.1, 0.15) is 38.2 Å². The lowest BCUT2D eigenvalue weighted by Gasteiger charge is -2.26. The molecule has 0 spiro atoms. The smallest absolute Gasteiger partial charge is 0.327 e. The highest BCUT2D eigenvalue weighted by molar-refractivity contribution is 6.31. The van der Waals surface area contributed by atoms with Crippen molar-refractivity contribution in [2.45, 2.75) is 45.3 Å². The van der Waals surface area contributed by atoms with Gasteiger partial charge in [-0.2, -0.15) is 13.2 Å². The number of hydrogen-bond acceptors (Lipinski definition) is 6. The number of imidazole rings is 1. The molecule has 3 aromatic heterocycles. The molecule has 0 bridgehead atoms. The first kappa shape index (κ1) is 22.6.